The molecule has 0 bridgehead atoms. The van der Waals surface area contributed by atoms with Crippen molar-refractivity contribution >= 4 is 17.9 Å². The Hall–Kier alpha value is -4.53. The van der Waals surface area contributed by atoms with E-state index in [4.69, 9.17) is 14.2 Å². The maximum Gasteiger partial charge on any atom is 0.306 e. The van der Waals surface area contributed by atoms with Gasteiger partial charge in [-0.05, 0) is 96.3 Å². The van der Waals surface area contributed by atoms with E-state index in [0.717, 1.165) is 103 Å². The first-order valence-corrected chi connectivity index (χ1v) is 23.7. The second-order valence-electron chi connectivity index (χ2n) is 16.2. The molecule has 0 aromatic rings. The van der Waals surface area contributed by atoms with Crippen molar-refractivity contribution in [1.82, 2.24) is 0 Å². The van der Waals surface area contributed by atoms with Crippen LogP contribution in [0.15, 0.2) is 134 Å². The van der Waals surface area contributed by atoms with Gasteiger partial charge in [-0.25, -0.2) is 0 Å². The molecule has 2 unspecified atom stereocenters. The van der Waals surface area contributed by atoms with Crippen LogP contribution in [-0.4, -0.2) is 75.5 Å². The number of unbranched alkanes of at least 4 members (excludes halogenated alkanes) is 4. The van der Waals surface area contributed by atoms with Gasteiger partial charge in [0.1, 0.15) is 12.6 Å². The zero-order valence-corrected chi connectivity index (χ0v) is 39.9. The lowest BCUT2D eigenvalue weighted by Crippen LogP contribution is -2.55. The number of carboxylic acids is 1. The number of likely N-dealkylation sites (N-methyl/N-ethyl adjacent to an activating group) is 1. The van der Waals surface area contributed by atoms with Crippen LogP contribution in [0, 0.1) is 0 Å². The van der Waals surface area contributed by atoms with Gasteiger partial charge in [-0.1, -0.05) is 160 Å². The number of aliphatic carboxylic acids is 1. The first-order chi connectivity index (χ1) is 30.6. The summed E-state index contributed by atoms with van der Waals surface area (Å²) >= 11 is 0. The third-order valence-electron chi connectivity index (χ3n) is 9.55. The number of rotatable bonds is 40. The maximum atomic E-state index is 12.7. The zero-order chi connectivity index (χ0) is 46.3. The Kier molecular flexibility index (Phi) is 40.9. The highest BCUT2D eigenvalue weighted by atomic mass is 16.6. The second kappa shape index (κ2) is 44.1. The number of nitrogens with zero attached hydrogens (tertiary/aromatic N) is 1. The van der Waals surface area contributed by atoms with E-state index in [-0.39, 0.29) is 43.1 Å². The molecule has 0 aliphatic heterocycles. The number of ether oxygens (including phenoxy) is 3. The normalized spacial score (nSPS) is 14.1. The standard InChI is InChI=1S/C55H85NO7/c1-6-8-10-12-14-16-18-20-22-24-25-26-27-28-29-30-32-33-35-37-39-41-43-45-53(57)62-50-51(49-61-48-47-52(55(59)60)56(3,4)5)63-54(58)46-44-42-40-38-36-34-31-23-21-19-17-15-13-11-9-7-2/h8-11,14-17,20-23,25-26,28-29,32-34,36,40,42,51-52H,6-7,12-13,18-19,24,27,30-31,35,37-39,41,43-50H2,1-5H3/b10-8+,11-9+,16-14+,17-15+,22-20+,23-21+,26-25+,29-28+,33-32+,36-34+,42-40+. The summed E-state index contributed by atoms with van der Waals surface area (Å²) in [6.45, 7) is 4.29. The summed E-state index contributed by atoms with van der Waals surface area (Å²) in [7, 11) is 5.36. The average Bonchev–Trinajstić information content (AvgIpc) is 3.24. The van der Waals surface area contributed by atoms with Crippen molar-refractivity contribution in [1.29, 1.82) is 0 Å². The fourth-order valence-electron chi connectivity index (χ4n) is 5.94. The Balaban J connectivity index is 4.46. The monoisotopic (exact) mass is 872 g/mol. The quantitative estimate of drug-likeness (QED) is 0.0261. The third-order valence-corrected chi connectivity index (χ3v) is 9.55. The molecular formula is C55H85NO7. The summed E-state index contributed by atoms with van der Waals surface area (Å²) < 4.78 is 17.1. The number of hydrogen-bond donors (Lipinski definition) is 0. The molecule has 0 heterocycles. The van der Waals surface area contributed by atoms with Crippen LogP contribution in [0.25, 0.3) is 0 Å². The van der Waals surface area contributed by atoms with Crippen molar-refractivity contribution < 1.29 is 38.2 Å². The third kappa shape index (κ3) is 42.5. The maximum absolute atomic E-state index is 12.7. The van der Waals surface area contributed by atoms with Crippen molar-refractivity contribution in [3.05, 3.63) is 134 Å². The van der Waals surface area contributed by atoms with Gasteiger partial charge in [0.05, 0.1) is 40.3 Å². The van der Waals surface area contributed by atoms with Crippen molar-refractivity contribution in [2.45, 2.75) is 154 Å². The first kappa shape index (κ1) is 58.5. The van der Waals surface area contributed by atoms with Gasteiger partial charge in [0, 0.05) is 19.3 Å². The van der Waals surface area contributed by atoms with Gasteiger partial charge >= 0.3 is 11.9 Å². The predicted octanol–water partition coefficient (Wildman–Crippen LogP) is 12.2. The molecule has 8 heteroatoms. The molecule has 8 nitrogen and oxygen atoms in total. The number of esters is 2. The highest BCUT2D eigenvalue weighted by molar-refractivity contribution is 5.70. The summed E-state index contributed by atoms with van der Waals surface area (Å²) in [6, 6.07) is -0.752. The molecule has 0 spiro atoms. The fraction of sp³-hybridized carbons (Fsp3) is 0.545. The van der Waals surface area contributed by atoms with Gasteiger partial charge in [0.2, 0.25) is 0 Å². The van der Waals surface area contributed by atoms with Crippen LogP contribution in [0.2, 0.25) is 0 Å². The van der Waals surface area contributed by atoms with E-state index in [0.29, 0.717) is 12.8 Å². The number of carbonyl (C=O) groups excluding carboxylic acids is 3. The molecule has 0 saturated carbocycles. The summed E-state index contributed by atoms with van der Waals surface area (Å²) in [5.74, 6) is -1.90. The molecule has 0 fully saturated rings. The molecule has 0 aromatic carbocycles. The van der Waals surface area contributed by atoms with E-state index in [9.17, 15) is 19.5 Å². The molecule has 0 saturated heterocycles. The number of quaternary nitrogens is 1. The largest absolute Gasteiger partial charge is 0.544 e. The lowest BCUT2D eigenvalue weighted by Gasteiger charge is -2.34. The van der Waals surface area contributed by atoms with Crippen LogP contribution in [0.1, 0.15) is 142 Å². The lowest BCUT2D eigenvalue weighted by atomic mass is 10.1. The zero-order valence-electron chi connectivity index (χ0n) is 39.9. The molecule has 352 valence electrons. The second-order valence-corrected chi connectivity index (χ2v) is 16.2. The predicted molar refractivity (Wildman–Crippen MR) is 263 cm³/mol. The van der Waals surface area contributed by atoms with Crippen molar-refractivity contribution in [2.75, 3.05) is 41.0 Å². The molecule has 0 aliphatic carbocycles. The van der Waals surface area contributed by atoms with E-state index in [1.165, 1.54) is 0 Å². The minimum absolute atomic E-state index is 0.00774. The van der Waals surface area contributed by atoms with Gasteiger partial charge in [0.25, 0.3) is 0 Å². The summed E-state index contributed by atoms with van der Waals surface area (Å²) in [5.41, 5.74) is 0. The SMILES string of the molecule is CC/C=C/C/C=C/C/C=C/C/C=C/C/C=C/C/C=C/CCCCCCC(=O)OCC(COCCC(C(=O)[O-])[N+](C)(C)C)OC(=O)CC/C=C/C/C=C/C/C=C/C/C=C/C/C=C/CC. The smallest absolute Gasteiger partial charge is 0.306 e. The molecule has 0 rings (SSSR count). The Morgan fingerprint density at radius 3 is 1.29 bits per heavy atom. The van der Waals surface area contributed by atoms with Crippen LogP contribution in [0.3, 0.4) is 0 Å². The number of carbonyl (C=O) groups is 3. The summed E-state index contributed by atoms with van der Waals surface area (Å²) in [5, 5.41) is 11.6. The molecule has 0 aliphatic rings. The molecule has 0 amide bonds. The number of hydrogen-bond acceptors (Lipinski definition) is 7. The van der Waals surface area contributed by atoms with Gasteiger partial charge < -0.3 is 28.6 Å². The van der Waals surface area contributed by atoms with E-state index in [2.05, 4.69) is 135 Å². The minimum atomic E-state index is -1.15. The Labute approximate surface area is 383 Å². The van der Waals surface area contributed by atoms with Crippen LogP contribution < -0.4 is 5.11 Å². The highest BCUT2D eigenvalue weighted by Crippen LogP contribution is 2.11. The van der Waals surface area contributed by atoms with Gasteiger partial charge in [-0.2, -0.15) is 0 Å². The van der Waals surface area contributed by atoms with E-state index < -0.39 is 24.1 Å². The Bertz CT molecular complexity index is 1480. The van der Waals surface area contributed by atoms with Crippen molar-refractivity contribution in [3.8, 4) is 0 Å². The lowest BCUT2D eigenvalue weighted by molar-refractivity contribution is -0.889. The number of allylic oxidation sites excluding steroid dienone is 22. The average molecular weight is 872 g/mol. The highest BCUT2D eigenvalue weighted by Gasteiger charge is 2.25. The Morgan fingerprint density at radius 2 is 0.873 bits per heavy atom. The van der Waals surface area contributed by atoms with E-state index in [1.54, 1.807) is 21.1 Å². The van der Waals surface area contributed by atoms with Crippen LogP contribution in [0.4, 0.5) is 0 Å². The summed E-state index contributed by atoms with van der Waals surface area (Å²) in [6.07, 6.45) is 63.5. The molecule has 0 radical (unpaired) electrons. The first-order valence-electron chi connectivity index (χ1n) is 23.7. The van der Waals surface area contributed by atoms with Crippen molar-refractivity contribution in [3.63, 3.8) is 0 Å². The summed E-state index contributed by atoms with van der Waals surface area (Å²) in [4.78, 5) is 36.9. The van der Waals surface area contributed by atoms with Crippen molar-refractivity contribution in [2.24, 2.45) is 0 Å². The molecule has 2 atom stereocenters. The van der Waals surface area contributed by atoms with Crippen LogP contribution in [-0.2, 0) is 28.6 Å². The van der Waals surface area contributed by atoms with E-state index >= 15 is 0 Å². The van der Waals surface area contributed by atoms with Gasteiger partial charge in [0.15, 0.2) is 6.10 Å². The topological polar surface area (TPSA) is 102 Å². The fourth-order valence-corrected chi connectivity index (χ4v) is 5.94. The molecule has 0 N–H and O–H groups in total. The molecule has 0 aromatic heterocycles. The molecular weight excluding hydrogens is 787 g/mol. The van der Waals surface area contributed by atoms with Gasteiger partial charge in [-0.3, -0.25) is 9.59 Å². The van der Waals surface area contributed by atoms with Crippen LogP contribution in [0.5, 0.6) is 0 Å². The van der Waals surface area contributed by atoms with Gasteiger partial charge in [-0.15, -0.1) is 0 Å². The van der Waals surface area contributed by atoms with E-state index in [1.807, 2.05) is 12.2 Å². The number of carboxylic acid groups (broad SMARTS) is 1. The Morgan fingerprint density at radius 1 is 0.476 bits per heavy atom. The van der Waals surface area contributed by atoms with Crippen LogP contribution >= 0.6 is 0 Å². The molecule has 63 heavy (non-hydrogen) atoms. The minimum Gasteiger partial charge on any atom is -0.544 e.